The summed E-state index contributed by atoms with van der Waals surface area (Å²) >= 11 is 0. The Bertz CT molecular complexity index is 449. The molecule has 0 unspecified atom stereocenters. The van der Waals surface area contributed by atoms with Gasteiger partial charge in [0.15, 0.2) is 6.40 Å². The number of aliphatic imine (C=N–C) groups is 1. The molecule has 5 heteroatoms. The molecule has 0 aliphatic rings. The van der Waals surface area contributed by atoms with E-state index in [9.17, 15) is 0 Å². The Morgan fingerprint density at radius 1 is 1.43 bits per heavy atom. The first-order valence-electron chi connectivity index (χ1n) is 4.35. The van der Waals surface area contributed by atoms with Crippen molar-refractivity contribution in [3.8, 4) is 5.75 Å². The smallest absolute Gasteiger partial charge is 0.176 e. The van der Waals surface area contributed by atoms with E-state index in [4.69, 9.17) is 4.74 Å². The number of ether oxygens (including phenoxy) is 1. The van der Waals surface area contributed by atoms with Crippen LogP contribution < -0.4 is 4.74 Å². The predicted octanol–water partition coefficient (Wildman–Crippen LogP) is 1.38. The van der Waals surface area contributed by atoms with E-state index in [1.165, 1.54) is 6.40 Å². The number of fused-ring (bicyclic) bond motifs is 1. The first kappa shape index (κ1) is 8.68. The number of hydrogen-bond donors (Lipinski definition) is 1. The van der Waals surface area contributed by atoms with Gasteiger partial charge in [0.2, 0.25) is 0 Å². The number of aromatic amines is 1. The lowest BCUT2D eigenvalue weighted by molar-refractivity contribution is 0.572. The normalized spacial score (nSPS) is 11.2. The third kappa shape index (κ3) is 1.71. The summed E-state index contributed by atoms with van der Waals surface area (Å²) in [7, 11) is 0. The van der Waals surface area contributed by atoms with Gasteiger partial charge in [-0.3, -0.25) is 4.99 Å². The minimum atomic E-state index is 0.712. The van der Waals surface area contributed by atoms with Crippen molar-refractivity contribution in [2.75, 3.05) is 6.54 Å². The van der Waals surface area contributed by atoms with Crippen LogP contribution in [0.25, 0.3) is 11.0 Å². The molecule has 0 radical (unpaired) electrons. The number of rotatable bonds is 3. The second-order valence-electron chi connectivity index (χ2n) is 2.70. The number of aromatic nitrogens is 3. The number of benzene rings is 1. The molecule has 1 aromatic heterocycles. The van der Waals surface area contributed by atoms with Crippen molar-refractivity contribution in [1.29, 1.82) is 0 Å². The zero-order valence-electron chi connectivity index (χ0n) is 7.77. The summed E-state index contributed by atoms with van der Waals surface area (Å²) in [5.74, 6) is 0.712. The van der Waals surface area contributed by atoms with Gasteiger partial charge in [-0.25, -0.2) is 0 Å². The SMILES string of the molecule is CCN=COc1ccc2n[nH]nc2c1. The molecule has 0 atom stereocenters. The van der Waals surface area contributed by atoms with Crippen LogP contribution in [0.3, 0.4) is 0 Å². The maximum absolute atomic E-state index is 5.25. The van der Waals surface area contributed by atoms with Crippen LogP contribution in [0.15, 0.2) is 23.2 Å². The molecule has 0 amide bonds. The molecule has 0 aliphatic carbocycles. The zero-order valence-corrected chi connectivity index (χ0v) is 7.77. The van der Waals surface area contributed by atoms with Crippen LogP contribution >= 0.6 is 0 Å². The van der Waals surface area contributed by atoms with Crippen molar-refractivity contribution >= 4 is 17.4 Å². The fourth-order valence-corrected chi connectivity index (χ4v) is 1.07. The van der Waals surface area contributed by atoms with Gasteiger partial charge in [0.25, 0.3) is 0 Å². The van der Waals surface area contributed by atoms with Crippen molar-refractivity contribution in [2.45, 2.75) is 6.92 Å². The molecule has 0 saturated heterocycles. The Morgan fingerprint density at radius 3 is 3.14 bits per heavy atom. The van der Waals surface area contributed by atoms with Crippen LogP contribution in [-0.2, 0) is 0 Å². The third-order valence-electron chi connectivity index (χ3n) is 1.73. The number of hydrogen-bond acceptors (Lipinski definition) is 4. The number of nitrogens with zero attached hydrogens (tertiary/aromatic N) is 3. The first-order chi connectivity index (χ1) is 6.90. The van der Waals surface area contributed by atoms with Crippen LogP contribution in [0, 0.1) is 0 Å². The highest BCUT2D eigenvalue weighted by Gasteiger charge is 1.98. The van der Waals surface area contributed by atoms with Crippen LogP contribution in [0.1, 0.15) is 6.92 Å². The van der Waals surface area contributed by atoms with Gasteiger partial charge in [-0.1, -0.05) is 0 Å². The Morgan fingerprint density at radius 2 is 2.29 bits per heavy atom. The maximum atomic E-state index is 5.25. The summed E-state index contributed by atoms with van der Waals surface area (Å²) in [5.41, 5.74) is 1.61. The average molecular weight is 190 g/mol. The molecular weight excluding hydrogens is 180 g/mol. The summed E-state index contributed by atoms with van der Waals surface area (Å²) < 4.78 is 5.25. The Hall–Kier alpha value is -1.91. The minimum Gasteiger partial charge on any atom is -0.446 e. The lowest BCUT2D eigenvalue weighted by Gasteiger charge is -1.97. The van der Waals surface area contributed by atoms with E-state index in [1.54, 1.807) is 6.07 Å². The molecule has 0 saturated carbocycles. The molecule has 5 nitrogen and oxygen atoms in total. The van der Waals surface area contributed by atoms with Gasteiger partial charge in [0.1, 0.15) is 16.8 Å². The van der Waals surface area contributed by atoms with E-state index in [0.717, 1.165) is 11.0 Å². The molecule has 0 bridgehead atoms. The van der Waals surface area contributed by atoms with Gasteiger partial charge in [-0.15, -0.1) is 0 Å². The fraction of sp³-hybridized carbons (Fsp3) is 0.222. The maximum Gasteiger partial charge on any atom is 0.176 e. The Labute approximate surface area is 80.8 Å². The van der Waals surface area contributed by atoms with Crippen LogP contribution in [0.4, 0.5) is 0 Å². The third-order valence-corrected chi connectivity index (χ3v) is 1.73. The van der Waals surface area contributed by atoms with Gasteiger partial charge < -0.3 is 4.74 Å². The largest absolute Gasteiger partial charge is 0.446 e. The number of nitrogens with one attached hydrogen (secondary N) is 1. The monoisotopic (exact) mass is 190 g/mol. The molecule has 0 fully saturated rings. The van der Waals surface area contributed by atoms with Crippen molar-refractivity contribution in [1.82, 2.24) is 15.4 Å². The van der Waals surface area contributed by atoms with Crippen molar-refractivity contribution in [3.05, 3.63) is 18.2 Å². The van der Waals surface area contributed by atoms with E-state index in [1.807, 2.05) is 19.1 Å². The van der Waals surface area contributed by atoms with E-state index < -0.39 is 0 Å². The molecule has 1 N–H and O–H groups in total. The van der Waals surface area contributed by atoms with E-state index in [-0.39, 0.29) is 0 Å². The average Bonchev–Trinajstić information content (AvgIpc) is 2.65. The molecule has 72 valence electrons. The lowest BCUT2D eigenvalue weighted by atomic mass is 10.3. The predicted molar refractivity (Wildman–Crippen MR) is 53.5 cm³/mol. The molecule has 2 aromatic rings. The zero-order chi connectivity index (χ0) is 9.80. The van der Waals surface area contributed by atoms with Gasteiger partial charge >= 0.3 is 0 Å². The van der Waals surface area contributed by atoms with Crippen molar-refractivity contribution < 1.29 is 4.74 Å². The highest BCUT2D eigenvalue weighted by atomic mass is 16.5. The summed E-state index contributed by atoms with van der Waals surface area (Å²) in [4.78, 5) is 3.94. The van der Waals surface area contributed by atoms with Crippen LogP contribution in [-0.4, -0.2) is 28.4 Å². The Balaban J connectivity index is 2.21. The van der Waals surface area contributed by atoms with Gasteiger partial charge in [0.05, 0.1) is 0 Å². The molecule has 1 heterocycles. The molecule has 1 aromatic carbocycles. The quantitative estimate of drug-likeness (QED) is 0.587. The van der Waals surface area contributed by atoms with E-state index >= 15 is 0 Å². The molecule has 0 aliphatic heterocycles. The molecule has 14 heavy (non-hydrogen) atoms. The number of H-pyrrole nitrogens is 1. The van der Waals surface area contributed by atoms with Gasteiger partial charge in [-0.05, 0) is 19.1 Å². The van der Waals surface area contributed by atoms with Crippen LogP contribution in [0.5, 0.6) is 5.75 Å². The summed E-state index contributed by atoms with van der Waals surface area (Å²) in [6.07, 6.45) is 1.43. The van der Waals surface area contributed by atoms with Crippen LogP contribution in [0.2, 0.25) is 0 Å². The lowest BCUT2D eigenvalue weighted by Crippen LogP contribution is -1.89. The van der Waals surface area contributed by atoms with Crippen molar-refractivity contribution in [2.24, 2.45) is 4.99 Å². The summed E-state index contributed by atoms with van der Waals surface area (Å²) in [6.45, 7) is 2.66. The topological polar surface area (TPSA) is 63.2 Å². The fourth-order valence-electron chi connectivity index (χ4n) is 1.07. The van der Waals surface area contributed by atoms with Crippen molar-refractivity contribution in [3.63, 3.8) is 0 Å². The highest BCUT2D eigenvalue weighted by Crippen LogP contribution is 2.16. The van der Waals surface area contributed by atoms with Gasteiger partial charge in [-0.2, -0.15) is 15.4 Å². The molecular formula is C9H10N4O. The molecule has 2 rings (SSSR count). The second-order valence-corrected chi connectivity index (χ2v) is 2.70. The minimum absolute atomic E-state index is 0.712. The standard InChI is InChI=1S/C9H10N4O/c1-2-10-6-14-7-3-4-8-9(5-7)12-13-11-8/h3-6H,2H2,1H3,(H,11,12,13). The van der Waals surface area contributed by atoms with Gasteiger partial charge in [0, 0.05) is 12.6 Å². The second kappa shape index (κ2) is 3.87. The first-order valence-corrected chi connectivity index (χ1v) is 4.35. The highest BCUT2D eigenvalue weighted by molar-refractivity contribution is 5.75. The molecule has 0 spiro atoms. The summed E-state index contributed by atoms with van der Waals surface area (Å²) in [5, 5.41) is 10.4. The van der Waals surface area contributed by atoms with E-state index in [2.05, 4.69) is 20.4 Å². The summed E-state index contributed by atoms with van der Waals surface area (Å²) in [6, 6.07) is 5.47. The van der Waals surface area contributed by atoms with E-state index in [0.29, 0.717) is 12.3 Å². The Kier molecular flexibility index (Phi) is 2.40.